The van der Waals surface area contributed by atoms with E-state index in [-0.39, 0.29) is 12.1 Å². The second-order valence-corrected chi connectivity index (χ2v) is 8.43. The number of hydrogen-bond donors (Lipinski definition) is 1. The minimum absolute atomic E-state index is 0.0224. The van der Waals surface area contributed by atoms with Gasteiger partial charge in [0.05, 0.1) is 19.3 Å². The van der Waals surface area contributed by atoms with Gasteiger partial charge in [-0.2, -0.15) is 0 Å². The van der Waals surface area contributed by atoms with Crippen LogP contribution in [0, 0.1) is 0 Å². The zero-order valence-electron chi connectivity index (χ0n) is 17.4. The van der Waals surface area contributed by atoms with Gasteiger partial charge in [-0.25, -0.2) is 4.68 Å². The van der Waals surface area contributed by atoms with Gasteiger partial charge in [0.25, 0.3) is 11.5 Å². The van der Waals surface area contributed by atoms with E-state index in [0.717, 1.165) is 5.56 Å². The maximum Gasteiger partial charge on any atom is 0.284 e. The number of nitrogens with one attached hydrogen (secondary N) is 1. The first-order valence-electron chi connectivity index (χ1n) is 9.83. The predicted octanol–water partition coefficient (Wildman–Crippen LogP) is 5.91. The summed E-state index contributed by atoms with van der Waals surface area (Å²) in [5.74, 6) is 0.123. The topological polar surface area (TPSA) is 65.3 Å². The van der Waals surface area contributed by atoms with E-state index in [4.69, 9.17) is 39.5 Å². The molecule has 9 heteroatoms. The van der Waals surface area contributed by atoms with Crippen molar-refractivity contribution >= 4 is 46.4 Å². The highest BCUT2D eigenvalue weighted by atomic mass is 35.5. The third-order valence-electron chi connectivity index (χ3n) is 4.97. The fourth-order valence-corrected chi connectivity index (χ4v) is 3.90. The zero-order valence-corrected chi connectivity index (χ0v) is 19.7. The first kappa shape index (κ1) is 23.0. The Labute approximate surface area is 204 Å². The molecule has 0 fully saturated rings. The Morgan fingerprint density at radius 2 is 1.61 bits per heavy atom. The van der Waals surface area contributed by atoms with Crippen molar-refractivity contribution in [3.8, 4) is 11.4 Å². The van der Waals surface area contributed by atoms with Crippen molar-refractivity contribution in [3.63, 3.8) is 0 Å². The highest BCUT2D eigenvalue weighted by Gasteiger charge is 2.20. The van der Waals surface area contributed by atoms with Crippen LogP contribution in [-0.4, -0.2) is 22.4 Å². The molecule has 4 aromatic rings. The molecule has 4 rings (SSSR count). The van der Waals surface area contributed by atoms with Gasteiger partial charge in [0.1, 0.15) is 11.3 Å². The van der Waals surface area contributed by atoms with E-state index in [1.54, 1.807) is 78.5 Å². The lowest BCUT2D eigenvalue weighted by Gasteiger charge is -2.13. The van der Waals surface area contributed by atoms with Crippen LogP contribution in [-0.2, 0) is 6.54 Å². The van der Waals surface area contributed by atoms with Gasteiger partial charge in [-0.05, 0) is 66.2 Å². The quantitative estimate of drug-likeness (QED) is 0.356. The molecule has 1 N–H and O–H groups in total. The summed E-state index contributed by atoms with van der Waals surface area (Å²) in [6.07, 6.45) is 1.50. The van der Waals surface area contributed by atoms with E-state index in [2.05, 4.69) is 5.32 Å². The molecule has 0 aliphatic rings. The number of rotatable bonds is 6. The van der Waals surface area contributed by atoms with Crippen molar-refractivity contribution in [1.82, 2.24) is 9.36 Å². The number of anilines is 1. The van der Waals surface area contributed by atoms with Crippen molar-refractivity contribution in [1.29, 1.82) is 0 Å². The standard InChI is InChI=1S/C24H18Cl3N3O3/c1-33-20-10-6-18(7-11-20)28-23(31)21-14-29(13-15-2-3-17(26)12-22(15)27)30(24(21)32)19-8-4-16(25)5-9-19/h2-12,14H,13H2,1H3,(H,28,31). The number of hydrogen-bond acceptors (Lipinski definition) is 3. The molecule has 0 spiro atoms. The summed E-state index contributed by atoms with van der Waals surface area (Å²) < 4.78 is 8.17. The molecule has 33 heavy (non-hydrogen) atoms. The number of halogens is 3. The molecule has 0 saturated carbocycles. The molecule has 1 heterocycles. The van der Waals surface area contributed by atoms with Gasteiger partial charge in [-0.3, -0.25) is 14.3 Å². The molecular formula is C24H18Cl3N3O3. The first-order valence-corrected chi connectivity index (χ1v) is 11.0. The van der Waals surface area contributed by atoms with Crippen molar-refractivity contribution in [2.24, 2.45) is 0 Å². The van der Waals surface area contributed by atoms with E-state index >= 15 is 0 Å². The molecule has 0 aliphatic heterocycles. The lowest BCUT2D eigenvalue weighted by molar-refractivity contribution is 0.102. The van der Waals surface area contributed by atoms with Crippen LogP contribution in [0.4, 0.5) is 5.69 Å². The van der Waals surface area contributed by atoms with Crippen molar-refractivity contribution in [2.75, 3.05) is 12.4 Å². The summed E-state index contributed by atoms with van der Waals surface area (Å²) in [5.41, 5.74) is 1.32. The van der Waals surface area contributed by atoms with Crippen LogP contribution >= 0.6 is 34.8 Å². The van der Waals surface area contributed by atoms with E-state index in [9.17, 15) is 9.59 Å². The Morgan fingerprint density at radius 3 is 2.24 bits per heavy atom. The Bertz CT molecular complexity index is 1360. The van der Waals surface area contributed by atoms with Gasteiger partial charge in [0.15, 0.2) is 0 Å². The Morgan fingerprint density at radius 1 is 0.939 bits per heavy atom. The molecule has 3 aromatic carbocycles. The minimum Gasteiger partial charge on any atom is -0.497 e. The molecule has 1 amide bonds. The SMILES string of the molecule is COc1ccc(NC(=O)c2cn(Cc3ccc(Cl)cc3Cl)n(-c3ccc(Cl)cc3)c2=O)cc1. The molecule has 0 atom stereocenters. The summed E-state index contributed by atoms with van der Waals surface area (Å²) in [5, 5.41) is 4.24. The summed E-state index contributed by atoms with van der Waals surface area (Å²) >= 11 is 18.4. The van der Waals surface area contributed by atoms with Crippen LogP contribution < -0.4 is 15.6 Å². The molecule has 0 saturated heterocycles. The smallest absolute Gasteiger partial charge is 0.284 e. The van der Waals surface area contributed by atoms with Gasteiger partial charge < -0.3 is 10.1 Å². The molecule has 6 nitrogen and oxygen atoms in total. The second-order valence-electron chi connectivity index (χ2n) is 7.15. The Hall–Kier alpha value is -3.19. The van der Waals surface area contributed by atoms with E-state index in [0.29, 0.717) is 32.2 Å². The summed E-state index contributed by atoms with van der Waals surface area (Å²) in [6, 6.07) is 18.7. The van der Waals surface area contributed by atoms with Crippen LogP contribution in [0.1, 0.15) is 15.9 Å². The van der Waals surface area contributed by atoms with Crippen LogP contribution in [0.25, 0.3) is 5.69 Å². The number of carbonyl (C=O) groups is 1. The minimum atomic E-state index is -0.533. The second kappa shape index (κ2) is 9.75. The van der Waals surface area contributed by atoms with Crippen molar-refractivity contribution in [3.05, 3.63) is 109 Å². The van der Waals surface area contributed by atoms with Gasteiger partial charge >= 0.3 is 0 Å². The van der Waals surface area contributed by atoms with Crippen LogP contribution in [0.3, 0.4) is 0 Å². The average Bonchev–Trinajstić information content (AvgIpc) is 3.12. The molecule has 0 radical (unpaired) electrons. The monoisotopic (exact) mass is 501 g/mol. The third-order valence-corrected chi connectivity index (χ3v) is 5.81. The van der Waals surface area contributed by atoms with Gasteiger partial charge in [-0.15, -0.1) is 0 Å². The van der Waals surface area contributed by atoms with Gasteiger partial charge in [0.2, 0.25) is 0 Å². The van der Waals surface area contributed by atoms with Gasteiger partial charge in [0, 0.05) is 27.0 Å². The highest BCUT2D eigenvalue weighted by molar-refractivity contribution is 6.35. The predicted molar refractivity (Wildman–Crippen MR) is 132 cm³/mol. The Kier molecular flexibility index (Phi) is 6.79. The number of aromatic nitrogens is 2. The van der Waals surface area contributed by atoms with E-state index < -0.39 is 11.5 Å². The maximum absolute atomic E-state index is 13.3. The van der Waals surface area contributed by atoms with Gasteiger partial charge in [-0.1, -0.05) is 40.9 Å². The van der Waals surface area contributed by atoms with E-state index in [1.807, 2.05) is 0 Å². The third kappa shape index (κ3) is 5.09. The number of carbonyl (C=O) groups excluding carboxylic acids is 1. The summed E-state index contributed by atoms with van der Waals surface area (Å²) in [7, 11) is 1.56. The molecule has 1 aromatic heterocycles. The molecule has 168 valence electrons. The first-order chi connectivity index (χ1) is 15.9. The number of amides is 1. The molecular weight excluding hydrogens is 485 g/mol. The largest absolute Gasteiger partial charge is 0.497 e. The maximum atomic E-state index is 13.3. The van der Waals surface area contributed by atoms with Crippen molar-refractivity contribution in [2.45, 2.75) is 6.54 Å². The number of ether oxygens (including phenoxy) is 1. The van der Waals surface area contributed by atoms with E-state index in [1.165, 1.54) is 10.9 Å². The van der Waals surface area contributed by atoms with Crippen LogP contribution in [0.2, 0.25) is 15.1 Å². The van der Waals surface area contributed by atoms with Crippen LogP contribution in [0.15, 0.2) is 77.7 Å². The lowest BCUT2D eigenvalue weighted by atomic mass is 10.2. The zero-order chi connectivity index (χ0) is 23.5. The Balaban J connectivity index is 1.74. The fourth-order valence-electron chi connectivity index (χ4n) is 3.31. The summed E-state index contributed by atoms with van der Waals surface area (Å²) in [6.45, 7) is 0.240. The van der Waals surface area contributed by atoms with Crippen molar-refractivity contribution < 1.29 is 9.53 Å². The normalized spacial score (nSPS) is 10.8. The molecule has 0 aliphatic carbocycles. The number of nitrogens with zero attached hydrogens (tertiary/aromatic N) is 2. The number of benzene rings is 3. The van der Waals surface area contributed by atoms with Crippen LogP contribution in [0.5, 0.6) is 5.75 Å². The molecule has 0 unspecified atom stereocenters. The average molecular weight is 503 g/mol. The lowest BCUT2D eigenvalue weighted by Crippen LogP contribution is -2.26. The fraction of sp³-hybridized carbons (Fsp3) is 0.0833. The summed E-state index contributed by atoms with van der Waals surface area (Å²) in [4.78, 5) is 26.3. The molecule has 0 bridgehead atoms. The highest BCUT2D eigenvalue weighted by Crippen LogP contribution is 2.23. The number of methoxy groups -OCH3 is 1.